The van der Waals surface area contributed by atoms with Gasteiger partial charge in [-0.15, -0.1) is 0 Å². The molecule has 0 aromatic heterocycles. The van der Waals surface area contributed by atoms with Crippen molar-refractivity contribution >= 4 is 23.5 Å². The lowest BCUT2D eigenvalue weighted by molar-refractivity contribution is -0.210. The number of anilines is 1. The van der Waals surface area contributed by atoms with Crippen LogP contribution in [0.5, 0.6) is 5.75 Å². The minimum atomic E-state index is -0.552. The number of nitrogens with one attached hydrogen (secondary N) is 2. The summed E-state index contributed by atoms with van der Waals surface area (Å²) in [4.78, 5) is 42.3. The zero-order valence-corrected chi connectivity index (χ0v) is 13.5. The minimum Gasteiger partial charge on any atom is -0.326 e. The average Bonchev–Trinajstić information content (AvgIpc) is 2.57. The third kappa shape index (κ3) is 8.74. The normalized spacial score (nSPS) is 9.92. The second kappa shape index (κ2) is 11.0. The Hall–Kier alpha value is -2.61. The summed E-state index contributed by atoms with van der Waals surface area (Å²) in [5.74, 6) is -0.690. The van der Waals surface area contributed by atoms with Crippen molar-refractivity contribution in [2.45, 2.75) is 45.4 Å². The summed E-state index contributed by atoms with van der Waals surface area (Å²) < 4.78 is 0. The Bertz CT molecular complexity index is 544. The van der Waals surface area contributed by atoms with Crippen molar-refractivity contribution in [2.75, 3.05) is 5.32 Å². The van der Waals surface area contributed by atoms with E-state index in [1.165, 1.54) is 6.92 Å². The number of benzene rings is 1. The standard InChI is InChI=1S/C16H22N2O6/c1-12(19)23-24-14-10-8-13(9-11-14)17-15(20)6-4-2-3-5-7-16(21)18-22/h8-11,22H,2-7H2,1H3,(H,17,20)(H,18,21). The van der Waals surface area contributed by atoms with E-state index in [0.29, 0.717) is 24.3 Å². The van der Waals surface area contributed by atoms with Crippen molar-refractivity contribution in [3.8, 4) is 5.75 Å². The van der Waals surface area contributed by atoms with Gasteiger partial charge in [0.15, 0.2) is 5.75 Å². The largest absolute Gasteiger partial charge is 0.352 e. The fourth-order valence-electron chi connectivity index (χ4n) is 1.90. The molecule has 0 aliphatic heterocycles. The zero-order valence-electron chi connectivity index (χ0n) is 13.5. The van der Waals surface area contributed by atoms with Gasteiger partial charge in [0.05, 0.1) is 0 Å². The molecule has 0 aliphatic carbocycles. The fraction of sp³-hybridized carbons (Fsp3) is 0.438. The molecule has 0 aliphatic rings. The quantitative estimate of drug-likeness (QED) is 0.261. The highest BCUT2D eigenvalue weighted by molar-refractivity contribution is 5.90. The van der Waals surface area contributed by atoms with E-state index in [1.807, 2.05) is 0 Å². The molecule has 1 aromatic rings. The molecule has 0 bridgehead atoms. The van der Waals surface area contributed by atoms with Crippen LogP contribution < -0.4 is 15.7 Å². The van der Waals surface area contributed by atoms with E-state index in [0.717, 1.165) is 19.3 Å². The van der Waals surface area contributed by atoms with Crippen LogP contribution in [-0.4, -0.2) is 23.0 Å². The minimum absolute atomic E-state index is 0.100. The molecule has 0 heterocycles. The molecule has 0 unspecified atom stereocenters. The number of rotatable bonds is 10. The molecule has 0 atom stereocenters. The maximum Gasteiger partial charge on any atom is 0.352 e. The Morgan fingerprint density at radius 3 is 2.08 bits per heavy atom. The van der Waals surface area contributed by atoms with Gasteiger partial charge in [0.1, 0.15) is 0 Å². The molecule has 24 heavy (non-hydrogen) atoms. The number of hydroxylamine groups is 1. The third-order valence-corrected chi connectivity index (χ3v) is 3.08. The van der Waals surface area contributed by atoms with Gasteiger partial charge in [-0.2, -0.15) is 0 Å². The molecule has 0 fully saturated rings. The number of unbranched alkanes of at least 4 members (excludes halogenated alkanes) is 3. The van der Waals surface area contributed by atoms with Crippen LogP contribution in [0.4, 0.5) is 5.69 Å². The van der Waals surface area contributed by atoms with Crippen LogP contribution in [0.3, 0.4) is 0 Å². The smallest absolute Gasteiger partial charge is 0.326 e. The summed E-state index contributed by atoms with van der Waals surface area (Å²) in [5.41, 5.74) is 2.20. The molecule has 0 saturated carbocycles. The molecule has 3 N–H and O–H groups in total. The number of hydrogen-bond acceptors (Lipinski definition) is 6. The Morgan fingerprint density at radius 1 is 0.958 bits per heavy atom. The average molecular weight is 338 g/mol. The van der Waals surface area contributed by atoms with E-state index in [1.54, 1.807) is 29.7 Å². The van der Waals surface area contributed by atoms with Crippen LogP contribution in [0.15, 0.2) is 24.3 Å². The Labute approximate surface area is 140 Å². The summed E-state index contributed by atoms with van der Waals surface area (Å²) in [7, 11) is 0. The van der Waals surface area contributed by atoms with Gasteiger partial charge in [-0.05, 0) is 37.1 Å². The van der Waals surface area contributed by atoms with E-state index in [4.69, 9.17) is 10.1 Å². The van der Waals surface area contributed by atoms with Gasteiger partial charge in [0.2, 0.25) is 11.8 Å². The first-order chi connectivity index (χ1) is 11.5. The second-order valence-corrected chi connectivity index (χ2v) is 5.18. The molecule has 2 amide bonds. The fourth-order valence-corrected chi connectivity index (χ4v) is 1.90. The monoisotopic (exact) mass is 338 g/mol. The molecule has 0 spiro atoms. The predicted octanol–water partition coefficient (Wildman–Crippen LogP) is 2.33. The van der Waals surface area contributed by atoms with Crippen molar-refractivity contribution < 1.29 is 29.4 Å². The first-order valence-electron chi connectivity index (χ1n) is 7.69. The van der Waals surface area contributed by atoms with Gasteiger partial charge in [-0.3, -0.25) is 24.6 Å². The molecule has 8 heteroatoms. The van der Waals surface area contributed by atoms with E-state index in [9.17, 15) is 14.4 Å². The lowest BCUT2D eigenvalue weighted by Crippen LogP contribution is -2.17. The Morgan fingerprint density at radius 2 is 1.54 bits per heavy atom. The molecule has 8 nitrogen and oxygen atoms in total. The van der Waals surface area contributed by atoms with Crippen molar-refractivity contribution in [1.82, 2.24) is 5.48 Å². The molecular formula is C16H22N2O6. The molecule has 1 rings (SSSR count). The number of carbonyl (C=O) groups is 3. The lowest BCUT2D eigenvalue weighted by Gasteiger charge is -2.06. The number of carbonyl (C=O) groups excluding carboxylic acids is 3. The summed E-state index contributed by atoms with van der Waals surface area (Å²) >= 11 is 0. The predicted molar refractivity (Wildman–Crippen MR) is 85.1 cm³/mol. The van der Waals surface area contributed by atoms with Gasteiger partial charge in [-0.25, -0.2) is 10.3 Å². The van der Waals surface area contributed by atoms with Crippen LogP contribution in [0.2, 0.25) is 0 Å². The molecule has 0 radical (unpaired) electrons. The second-order valence-electron chi connectivity index (χ2n) is 5.18. The van der Waals surface area contributed by atoms with Gasteiger partial charge in [-0.1, -0.05) is 12.8 Å². The Balaban J connectivity index is 2.18. The topological polar surface area (TPSA) is 114 Å². The van der Waals surface area contributed by atoms with Crippen molar-refractivity contribution in [3.63, 3.8) is 0 Å². The summed E-state index contributed by atoms with van der Waals surface area (Å²) in [5, 5.41) is 11.1. The Kier molecular flexibility index (Phi) is 8.91. The van der Waals surface area contributed by atoms with E-state index < -0.39 is 11.9 Å². The van der Waals surface area contributed by atoms with Crippen molar-refractivity contribution in [3.05, 3.63) is 24.3 Å². The highest BCUT2D eigenvalue weighted by atomic mass is 17.2. The molecule has 0 saturated heterocycles. The van der Waals surface area contributed by atoms with Crippen LogP contribution in [0.25, 0.3) is 0 Å². The number of amides is 2. The van der Waals surface area contributed by atoms with E-state index >= 15 is 0 Å². The van der Waals surface area contributed by atoms with Crippen LogP contribution in [0.1, 0.15) is 45.4 Å². The molecular weight excluding hydrogens is 316 g/mol. The molecule has 1 aromatic carbocycles. The first-order valence-corrected chi connectivity index (χ1v) is 7.69. The van der Waals surface area contributed by atoms with Gasteiger partial charge < -0.3 is 5.32 Å². The van der Waals surface area contributed by atoms with Crippen LogP contribution in [-0.2, 0) is 19.3 Å². The van der Waals surface area contributed by atoms with Gasteiger partial charge in [0, 0.05) is 25.5 Å². The van der Waals surface area contributed by atoms with Crippen molar-refractivity contribution in [2.24, 2.45) is 0 Å². The SMILES string of the molecule is CC(=O)OOc1ccc(NC(=O)CCCCCCC(=O)NO)cc1. The zero-order chi connectivity index (χ0) is 17.8. The summed E-state index contributed by atoms with van der Waals surface area (Å²) in [6.45, 7) is 1.23. The van der Waals surface area contributed by atoms with Crippen LogP contribution >= 0.6 is 0 Å². The van der Waals surface area contributed by atoms with Gasteiger partial charge >= 0.3 is 5.97 Å². The number of hydrogen-bond donors (Lipinski definition) is 3. The third-order valence-electron chi connectivity index (χ3n) is 3.08. The van der Waals surface area contributed by atoms with Crippen molar-refractivity contribution in [1.29, 1.82) is 0 Å². The summed E-state index contributed by atoms with van der Waals surface area (Å²) in [6, 6.07) is 6.43. The van der Waals surface area contributed by atoms with Gasteiger partial charge in [0.25, 0.3) is 0 Å². The maximum atomic E-state index is 11.8. The highest BCUT2D eigenvalue weighted by Gasteiger charge is 2.04. The maximum absolute atomic E-state index is 11.8. The van der Waals surface area contributed by atoms with E-state index in [-0.39, 0.29) is 12.3 Å². The van der Waals surface area contributed by atoms with Crippen LogP contribution in [0, 0.1) is 0 Å². The molecule has 132 valence electrons. The first kappa shape index (κ1) is 19.4. The summed E-state index contributed by atoms with van der Waals surface area (Å²) in [6.07, 6.45) is 3.73. The lowest BCUT2D eigenvalue weighted by atomic mass is 10.1. The highest BCUT2D eigenvalue weighted by Crippen LogP contribution is 2.16. The van der Waals surface area contributed by atoms with E-state index in [2.05, 4.69) is 10.2 Å².